The zero-order chi connectivity index (χ0) is 20.7. The lowest BCUT2D eigenvalue weighted by atomic mass is 10.1. The summed E-state index contributed by atoms with van der Waals surface area (Å²) < 4.78 is 37.5. The first-order valence-electron chi connectivity index (χ1n) is 10.1. The molecule has 0 aliphatic carbocycles. The van der Waals surface area contributed by atoms with E-state index in [4.69, 9.17) is 0 Å². The minimum Gasteiger partial charge on any atom is -0.369 e. The van der Waals surface area contributed by atoms with Crippen LogP contribution >= 0.6 is 0 Å². The fourth-order valence-corrected chi connectivity index (χ4v) is 3.55. The van der Waals surface area contributed by atoms with E-state index in [1.807, 2.05) is 4.90 Å². The van der Waals surface area contributed by atoms with Gasteiger partial charge in [0.15, 0.2) is 0 Å². The highest BCUT2D eigenvalue weighted by molar-refractivity contribution is 5.50. The Kier molecular flexibility index (Phi) is 7.39. The van der Waals surface area contributed by atoms with Crippen molar-refractivity contribution in [1.82, 2.24) is 10.6 Å². The van der Waals surface area contributed by atoms with Crippen LogP contribution < -0.4 is 20.4 Å². The predicted molar refractivity (Wildman–Crippen MR) is 113 cm³/mol. The Bertz CT molecular complexity index is 767. The molecule has 2 aliphatic rings. The second-order valence-electron chi connectivity index (χ2n) is 7.36. The average Bonchev–Trinajstić information content (AvgIpc) is 2.75. The fraction of sp³-hybridized carbons (Fsp3) is 0.455. The Balaban J connectivity index is 0.000000169. The summed E-state index contributed by atoms with van der Waals surface area (Å²) in [6.45, 7) is 9.75. The molecule has 4 nitrogen and oxygen atoms in total. The van der Waals surface area contributed by atoms with E-state index in [2.05, 4.69) is 46.7 Å². The maximum atomic E-state index is 12.5. The highest BCUT2D eigenvalue weighted by Crippen LogP contribution is 2.31. The summed E-state index contributed by atoms with van der Waals surface area (Å²) in [5, 5.41) is 6.52. The van der Waals surface area contributed by atoms with Gasteiger partial charge in [-0.2, -0.15) is 13.2 Å². The van der Waals surface area contributed by atoms with Crippen LogP contribution in [0.1, 0.15) is 11.1 Å². The van der Waals surface area contributed by atoms with Crippen LogP contribution in [0.2, 0.25) is 0 Å². The topological polar surface area (TPSA) is 30.5 Å². The molecule has 2 saturated heterocycles. The lowest BCUT2D eigenvalue weighted by molar-refractivity contribution is -0.137. The largest absolute Gasteiger partial charge is 0.416 e. The number of hydrogen-bond donors (Lipinski definition) is 2. The number of piperazine rings is 2. The smallest absolute Gasteiger partial charge is 0.369 e. The third-order valence-electron chi connectivity index (χ3n) is 5.14. The van der Waals surface area contributed by atoms with E-state index in [1.165, 1.54) is 23.4 Å². The number of nitrogens with one attached hydrogen (secondary N) is 2. The molecule has 2 aromatic carbocycles. The first-order chi connectivity index (χ1) is 13.9. The quantitative estimate of drug-likeness (QED) is 0.799. The average molecular weight is 406 g/mol. The molecule has 0 aromatic heterocycles. The summed E-state index contributed by atoms with van der Waals surface area (Å²) in [5.74, 6) is 0. The van der Waals surface area contributed by atoms with E-state index in [0.717, 1.165) is 58.4 Å². The zero-order valence-corrected chi connectivity index (χ0v) is 16.8. The van der Waals surface area contributed by atoms with Crippen molar-refractivity contribution >= 4 is 11.4 Å². The number of rotatable bonds is 2. The van der Waals surface area contributed by atoms with Crippen molar-refractivity contribution in [2.45, 2.75) is 13.1 Å². The molecular formula is C22H29F3N4. The first kappa shape index (κ1) is 21.5. The number of hydrogen-bond acceptors (Lipinski definition) is 4. The van der Waals surface area contributed by atoms with Crippen LogP contribution in [0.3, 0.4) is 0 Å². The van der Waals surface area contributed by atoms with Crippen LogP contribution in [-0.2, 0) is 6.18 Å². The van der Waals surface area contributed by atoms with E-state index in [1.54, 1.807) is 6.07 Å². The molecule has 158 valence electrons. The summed E-state index contributed by atoms with van der Waals surface area (Å²) >= 11 is 0. The van der Waals surface area contributed by atoms with Crippen molar-refractivity contribution in [3.8, 4) is 0 Å². The number of benzene rings is 2. The highest BCUT2D eigenvalue weighted by atomic mass is 19.4. The Morgan fingerprint density at radius 2 is 1.21 bits per heavy atom. The molecule has 2 heterocycles. The Morgan fingerprint density at radius 3 is 1.69 bits per heavy atom. The summed E-state index contributed by atoms with van der Waals surface area (Å²) in [4.78, 5) is 4.40. The Morgan fingerprint density at radius 1 is 0.724 bits per heavy atom. The maximum Gasteiger partial charge on any atom is 0.416 e. The van der Waals surface area contributed by atoms with E-state index >= 15 is 0 Å². The molecule has 29 heavy (non-hydrogen) atoms. The van der Waals surface area contributed by atoms with Crippen molar-refractivity contribution in [3.63, 3.8) is 0 Å². The second kappa shape index (κ2) is 9.98. The van der Waals surface area contributed by atoms with Crippen LogP contribution in [0.15, 0.2) is 48.5 Å². The summed E-state index contributed by atoms with van der Waals surface area (Å²) in [7, 11) is 0. The molecule has 0 radical (unpaired) electrons. The summed E-state index contributed by atoms with van der Waals surface area (Å²) in [5.41, 5.74) is 2.78. The van der Waals surface area contributed by atoms with Crippen molar-refractivity contribution in [1.29, 1.82) is 0 Å². The van der Waals surface area contributed by atoms with E-state index in [0.29, 0.717) is 5.69 Å². The predicted octanol–water partition coefficient (Wildman–Crippen LogP) is 3.52. The standard InChI is InChI=1S/C11H13F3N2.C11H16N2/c12-11(13,14)9-2-1-3-10(8-9)16-6-4-15-5-7-16;1-10-3-2-4-11(9-10)13-7-5-12-6-8-13/h1-3,8,15H,4-7H2;2-4,9,12H,5-8H2,1H3. The van der Waals surface area contributed by atoms with Gasteiger partial charge in [-0.3, -0.25) is 0 Å². The van der Waals surface area contributed by atoms with Crippen molar-refractivity contribution < 1.29 is 13.2 Å². The first-order valence-corrected chi connectivity index (χ1v) is 10.1. The number of anilines is 2. The molecule has 2 N–H and O–H groups in total. The molecule has 2 aliphatic heterocycles. The van der Waals surface area contributed by atoms with Crippen LogP contribution in [0.25, 0.3) is 0 Å². The van der Waals surface area contributed by atoms with E-state index in [-0.39, 0.29) is 0 Å². The van der Waals surface area contributed by atoms with Crippen LogP contribution in [0.4, 0.5) is 24.5 Å². The molecule has 0 unspecified atom stereocenters. The van der Waals surface area contributed by atoms with E-state index in [9.17, 15) is 13.2 Å². The summed E-state index contributed by atoms with van der Waals surface area (Å²) in [6, 6.07) is 14.2. The minimum atomic E-state index is -4.26. The van der Waals surface area contributed by atoms with Gasteiger partial charge in [-0.1, -0.05) is 18.2 Å². The number of halogens is 3. The van der Waals surface area contributed by atoms with Gasteiger partial charge in [0.25, 0.3) is 0 Å². The Hall–Kier alpha value is -2.25. The van der Waals surface area contributed by atoms with Gasteiger partial charge in [0.1, 0.15) is 0 Å². The number of nitrogens with zero attached hydrogens (tertiary/aromatic N) is 2. The summed E-state index contributed by atoms with van der Waals surface area (Å²) in [6.07, 6.45) is -4.26. The lowest BCUT2D eigenvalue weighted by Crippen LogP contribution is -2.43. The lowest BCUT2D eigenvalue weighted by Gasteiger charge is -2.29. The van der Waals surface area contributed by atoms with Crippen molar-refractivity contribution in [2.24, 2.45) is 0 Å². The normalized spacial score (nSPS) is 17.5. The third-order valence-corrected chi connectivity index (χ3v) is 5.14. The molecule has 7 heteroatoms. The SMILES string of the molecule is Cc1cccc(N2CCNCC2)c1.FC(F)(F)c1cccc(N2CCNCC2)c1. The number of alkyl halides is 3. The maximum absolute atomic E-state index is 12.5. The number of aryl methyl sites for hydroxylation is 1. The molecule has 0 spiro atoms. The van der Waals surface area contributed by atoms with Gasteiger partial charge in [0.2, 0.25) is 0 Å². The molecule has 4 rings (SSSR count). The second-order valence-corrected chi connectivity index (χ2v) is 7.36. The van der Waals surface area contributed by atoms with Crippen LogP contribution in [-0.4, -0.2) is 52.4 Å². The zero-order valence-electron chi connectivity index (χ0n) is 16.8. The Labute approximate surface area is 170 Å². The van der Waals surface area contributed by atoms with Gasteiger partial charge in [0, 0.05) is 63.7 Å². The van der Waals surface area contributed by atoms with E-state index < -0.39 is 11.7 Å². The van der Waals surface area contributed by atoms with Crippen LogP contribution in [0.5, 0.6) is 0 Å². The highest BCUT2D eigenvalue weighted by Gasteiger charge is 2.30. The molecule has 0 amide bonds. The van der Waals surface area contributed by atoms with Crippen molar-refractivity contribution in [3.05, 3.63) is 59.7 Å². The molecule has 0 bridgehead atoms. The fourth-order valence-electron chi connectivity index (χ4n) is 3.55. The van der Waals surface area contributed by atoms with Crippen LogP contribution in [0, 0.1) is 6.92 Å². The molecule has 0 atom stereocenters. The van der Waals surface area contributed by atoms with Gasteiger partial charge < -0.3 is 20.4 Å². The molecular weight excluding hydrogens is 377 g/mol. The van der Waals surface area contributed by atoms with Crippen molar-refractivity contribution in [2.75, 3.05) is 62.2 Å². The monoisotopic (exact) mass is 406 g/mol. The third kappa shape index (κ3) is 6.37. The molecule has 2 aromatic rings. The van der Waals surface area contributed by atoms with Gasteiger partial charge in [-0.25, -0.2) is 0 Å². The van der Waals surface area contributed by atoms with Gasteiger partial charge in [-0.15, -0.1) is 0 Å². The van der Waals surface area contributed by atoms with Gasteiger partial charge in [0.05, 0.1) is 5.56 Å². The molecule has 2 fully saturated rings. The van der Waals surface area contributed by atoms with Gasteiger partial charge in [-0.05, 0) is 42.8 Å². The minimum absolute atomic E-state index is 0.580. The molecule has 0 saturated carbocycles. The van der Waals surface area contributed by atoms with Gasteiger partial charge >= 0.3 is 6.18 Å².